The van der Waals surface area contributed by atoms with Crippen LogP contribution in [0.5, 0.6) is 5.75 Å². The molecule has 3 rings (SSSR count). The minimum Gasteiger partial charge on any atom is -0.494 e. The van der Waals surface area contributed by atoms with Crippen LogP contribution in [-0.2, 0) is 0 Å². The van der Waals surface area contributed by atoms with Gasteiger partial charge in [-0.2, -0.15) is 5.10 Å². The van der Waals surface area contributed by atoms with Crippen molar-refractivity contribution in [3.8, 4) is 22.9 Å². The normalized spacial score (nSPS) is 10.7. The van der Waals surface area contributed by atoms with E-state index in [1.807, 2.05) is 36.4 Å². The fourth-order valence-corrected chi connectivity index (χ4v) is 2.27. The molecule has 0 saturated carbocycles. The number of hydrogen-bond acceptors (Lipinski definition) is 4. The molecule has 2 aromatic heterocycles. The van der Waals surface area contributed by atoms with Crippen molar-refractivity contribution < 1.29 is 9.15 Å². The van der Waals surface area contributed by atoms with E-state index in [2.05, 4.69) is 21.0 Å². The van der Waals surface area contributed by atoms with E-state index >= 15 is 0 Å². The first-order valence-corrected chi connectivity index (χ1v) is 6.73. The molecular weight excluding hydrogens is 322 g/mol. The summed E-state index contributed by atoms with van der Waals surface area (Å²) >= 11 is 3.27. The third kappa shape index (κ3) is 2.18. The lowest BCUT2D eigenvalue weighted by Gasteiger charge is -2.08. The van der Waals surface area contributed by atoms with Crippen LogP contribution in [0.4, 0.5) is 5.82 Å². The van der Waals surface area contributed by atoms with Gasteiger partial charge in [-0.05, 0) is 40.2 Å². The molecule has 5 nitrogen and oxygen atoms in total. The number of hydrogen-bond donors (Lipinski definition) is 1. The minimum absolute atomic E-state index is 0.511. The standard InChI is InChI=1S/C14H12BrN3O2/c1-19-12-5-3-2-4-10(12)18-14(16)8-9(17-18)11-6-7-13(15)20-11/h2-8H,16H2,1H3. The highest BCUT2D eigenvalue weighted by Gasteiger charge is 2.14. The van der Waals surface area contributed by atoms with Crippen LogP contribution in [0.3, 0.4) is 0 Å². The Bertz CT molecular complexity index is 748. The third-order valence-corrected chi connectivity index (χ3v) is 3.30. The minimum atomic E-state index is 0.511. The van der Waals surface area contributed by atoms with Crippen LogP contribution in [0.2, 0.25) is 0 Å². The van der Waals surface area contributed by atoms with Gasteiger partial charge in [0.2, 0.25) is 0 Å². The summed E-state index contributed by atoms with van der Waals surface area (Å²) in [6, 6.07) is 13.0. The van der Waals surface area contributed by atoms with Gasteiger partial charge in [-0.15, -0.1) is 0 Å². The fourth-order valence-electron chi connectivity index (χ4n) is 1.97. The van der Waals surface area contributed by atoms with E-state index in [9.17, 15) is 0 Å². The van der Waals surface area contributed by atoms with Gasteiger partial charge in [-0.25, -0.2) is 4.68 Å². The Kier molecular flexibility index (Phi) is 3.23. The van der Waals surface area contributed by atoms with E-state index < -0.39 is 0 Å². The Morgan fingerprint density at radius 2 is 2.05 bits per heavy atom. The van der Waals surface area contributed by atoms with Crippen molar-refractivity contribution in [3.63, 3.8) is 0 Å². The number of halogens is 1. The molecule has 0 fully saturated rings. The molecule has 20 heavy (non-hydrogen) atoms. The van der Waals surface area contributed by atoms with Crippen molar-refractivity contribution in [1.82, 2.24) is 9.78 Å². The van der Waals surface area contributed by atoms with Crippen LogP contribution in [0.25, 0.3) is 17.1 Å². The zero-order chi connectivity index (χ0) is 14.1. The third-order valence-electron chi connectivity index (χ3n) is 2.88. The largest absolute Gasteiger partial charge is 0.494 e. The van der Waals surface area contributed by atoms with Gasteiger partial charge in [0.1, 0.15) is 22.9 Å². The van der Waals surface area contributed by atoms with Gasteiger partial charge in [0.15, 0.2) is 10.4 Å². The van der Waals surface area contributed by atoms with E-state index in [0.717, 1.165) is 5.69 Å². The maximum absolute atomic E-state index is 6.03. The molecule has 0 unspecified atom stereocenters. The molecule has 0 amide bonds. The van der Waals surface area contributed by atoms with Gasteiger partial charge >= 0.3 is 0 Å². The Balaban J connectivity index is 2.09. The second kappa shape index (κ2) is 5.05. The predicted molar refractivity (Wildman–Crippen MR) is 79.9 cm³/mol. The molecule has 2 heterocycles. The second-order valence-electron chi connectivity index (χ2n) is 4.14. The van der Waals surface area contributed by atoms with Gasteiger partial charge < -0.3 is 14.9 Å². The highest BCUT2D eigenvalue weighted by molar-refractivity contribution is 9.10. The number of nitrogen functional groups attached to an aromatic ring is 1. The number of nitrogens with two attached hydrogens (primary N) is 1. The number of anilines is 1. The summed E-state index contributed by atoms with van der Waals surface area (Å²) in [5.74, 6) is 1.86. The van der Waals surface area contributed by atoms with Crippen LogP contribution in [0, 0.1) is 0 Å². The monoisotopic (exact) mass is 333 g/mol. The molecule has 0 atom stereocenters. The van der Waals surface area contributed by atoms with Gasteiger partial charge in [-0.3, -0.25) is 0 Å². The van der Waals surface area contributed by atoms with E-state index in [1.54, 1.807) is 17.9 Å². The molecule has 6 heteroatoms. The molecule has 1 aromatic carbocycles. The molecule has 0 radical (unpaired) electrons. The summed E-state index contributed by atoms with van der Waals surface area (Å²) in [7, 11) is 1.61. The van der Waals surface area contributed by atoms with Crippen LogP contribution in [0.15, 0.2) is 51.6 Å². The average Bonchev–Trinajstić information content (AvgIpc) is 3.05. The lowest BCUT2D eigenvalue weighted by atomic mass is 10.3. The summed E-state index contributed by atoms with van der Waals surface area (Å²) in [4.78, 5) is 0. The van der Waals surface area contributed by atoms with E-state index in [-0.39, 0.29) is 0 Å². The van der Waals surface area contributed by atoms with E-state index in [0.29, 0.717) is 27.7 Å². The molecule has 102 valence electrons. The van der Waals surface area contributed by atoms with Gasteiger partial charge in [-0.1, -0.05) is 12.1 Å². The first-order chi connectivity index (χ1) is 9.69. The molecule has 0 spiro atoms. The maximum atomic E-state index is 6.03. The molecule has 0 aliphatic heterocycles. The number of benzene rings is 1. The maximum Gasteiger partial charge on any atom is 0.169 e. The topological polar surface area (TPSA) is 66.2 Å². The molecule has 3 aromatic rings. The van der Waals surface area contributed by atoms with Crippen molar-refractivity contribution >= 4 is 21.7 Å². The Labute approximate surface area is 124 Å². The first-order valence-electron chi connectivity index (χ1n) is 5.93. The van der Waals surface area contributed by atoms with Crippen molar-refractivity contribution in [2.24, 2.45) is 0 Å². The molecule has 2 N–H and O–H groups in total. The SMILES string of the molecule is COc1ccccc1-n1nc(-c2ccc(Br)o2)cc1N. The Hall–Kier alpha value is -2.21. The summed E-state index contributed by atoms with van der Waals surface area (Å²) in [6.45, 7) is 0. The van der Waals surface area contributed by atoms with Crippen molar-refractivity contribution in [3.05, 3.63) is 47.1 Å². The number of nitrogens with zero attached hydrogens (tertiary/aromatic N) is 2. The van der Waals surface area contributed by atoms with Gasteiger partial charge in [0, 0.05) is 6.07 Å². The molecule has 0 bridgehead atoms. The Morgan fingerprint density at radius 3 is 2.75 bits per heavy atom. The molecule has 0 aliphatic rings. The van der Waals surface area contributed by atoms with Gasteiger partial charge in [0.25, 0.3) is 0 Å². The van der Waals surface area contributed by atoms with E-state index in [1.165, 1.54) is 0 Å². The average molecular weight is 334 g/mol. The molecule has 0 saturated heterocycles. The van der Waals surface area contributed by atoms with Crippen LogP contribution in [0.1, 0.15) is 0 Å². The number of para-hydroxylation sites is 2. The number of rotatable bonds is 3. The fraction of sp³-hybridized carbons (Fsp3) is 0.0714. The Morgan fingerprint density at radius 1 is 1.25 bits per heavy atom. The first kappa shape index (κ1) is 12.8. The van der Waals surface area contributed by atoms with E-state index in [4.69, 9.17) is 14.9 Å². The van der Waals surface area contributed by atoms with Crippen molar-refractivity contribution in [2.45, 2.75) is 0 Å². The number of furan rings is 1. The predicted octanol–water partition coefficient (Wildman–Crippen LogP) is 3.49. The zero-order valence-corrected chi connectivity index (χ0v) is 12.3. The quantitative estimate of drug-likeness (QED) is 0.796. The molecule has 0 aliphatic carbocycles. The van der Waals surface area contributed by atoms with Crippen LogP contribution in [-0.4, -0.2) is 16.9 Å². The van der Waals surface area contributed by atoms with Crippen molar-refractivity contribution in [1.29, 1.82) is 0 Å². The lowest BCUT2D eigenvalue weighted by Crippen LogP contribution is -2.03. The summed E-state index contributed by atoms with van der Waals surface area (Å²) in [5, 5.41) is 4.47. The van der Waals surface area contributed by atoms with Gasteiger partial charge in [0.05, 0.1) is 7.11 Å². The summed E-state index contributed by atoms with van der Waals surface area (Å²) < 4.78 is 13.1. The highest BCUT2D eigenvalue weighted by Crippen LogP contribution is 2.29. The smallest absolute Gasteiger partial charge is 0.169 e. The zero-order valence-electron chi connectivity index (χ0n) is 10.7. The lowest BCUT2D eigenvalue weighted by molar-refractivity contribution is 0.412. The summed E-state index contributed by atoms with van der Waals surface area (Å²) in [5.41, 5.74) is 7.48. The summed E-state index contributed by atoms with van der Waals surface area (Å²) in [6.07, 6.45) is 0. The number of methoxy groups -OCH3 is 1. The van der Waals surface area contributed by atoms with Crippen molar-refractivity contribution in [2.75, 3.05) is 12.8 Å². The highest BCUT2D eigenvalue weighted by atomic mass is 79.9. The second-order valence-corrected chi connectivity index (χ2v) is 4.92. The molecular formula is C14H12BrN3O2. The number of aromatic nitrogens is 2. The van der Waals surface area contributed by atoms with Crippen LogP contribution < -0.4 is 10.5 Å². The number of ether oxygens (including phenoxy) is 1. The van der Waals surface area contributed by atoms with Crippen LogP contribution >= 0.6 is 15.9 Å².